The second-order valence-electron chi connectivity index (χ2n) is 5.71. The van der Waals surface area contributed by atoms with Gasteiger partial charge in [-0.25, -0.2) is 0 Å². The molecule has 1 unspecified atom stereocenters. The lowest BCUT2D eigenvalue weighted by Gasteiger charge is -2.18. The highest BCUT2D eigenvalue weighted by Gasteiger charge is 2.14. The van der Waals surface area contributed by atoms with E-state index in [2.05, 4.69) is 44.4 Å². The monoisotopic (exact) mass is 246 g/mol. The van der Waals surface area contributed by atoms with Gasteiger partial charge in [-0.05, 0) is 81.8 Å². The van der Waals surface area contributed by atoms with Gasteiger partial charge in [-0.2, -0.15) is 0 Å². The van der Waals surface area contributed by atoms with E-state index >= 15 is 0 Å². The molecule has 2 N–H and O–H groups in total. The van der Waals surface area contributed by atoms with Crippen LogP contribution in [0.15, 0.2) is 6.07 Å². The molecule has 1 aromatic carbocycles. The molecule has 0 saturated carbocycles. The minimum atomic E-state index is 0.865. The van der Waals surface area contributed by atoms with E-state index < -0.39 is 0 Å². The third-order valence-electron chi connectivity index (χ3n) is 4.38. The molecule has 2 nitrogen and oxygen atoms in total. The van der Waals surface area contributed by atoms with Gasteiger partial charge >= 0.3 is 0 Å². The molecule has 0 radical (unpaired) electrons. The third kappa shape index (κ3) is 2.86. The topological polar surface area (TPSA) is 24.1 Å². The Hall–Kier alpha value is -1.02. The maximum atomic E-state index is 3.66. The van der Waals surface area contributed by atoms with Crippen molar-refractivity contribution in [2.75, 3.05) is 25.0 Å². The van der Waals surface area contributed by atoms with E-state index in [0.717, 1.165) is 12.5 Å². The van der Waals surface area contributed by atoms with E-state index in [1.54, 1.807) is 0 Å². The van der Waals surface area contributed by atoms with Gasteiger partial charge in [0.2, 0.25) is 0 Å². The molecule has 1 aliphatic rings. The number of hydrogen-bond donors (Lipinski definition) is 2. The fourth-order valence-corrected chi connectivity index (χ4v) is 2.84. The first kappa shape index (κ1) is 13.4. The molecule has 0 bridgehead atoms. The van der Waals surface area contributed by atoms with Crippen molar-refractivity contribution < 1.29 is 0 Å². The summed E-state index contributed by atoms with van der Waals surface area (Å²) >= 11 is 0. The minimum Gasteiger partial charge on any atom is -0.385 e. The van der Waals surface area contributed by atoms with Crippen molar-refractivity contribution in [3.63, 3.8) is 0 Å². The standard InChI is InChI=1S/C16H26N2/c1-11-9-12(2)14(4)16(13(11)3)18-8-6-15-5-7-17-10-15/h9,15,17-18H,5-8,10H2,1-4H3. The van der Waals surface area contributed by atoms with Crippen molar-refractivity contribution in [2.24, 2.45) is 5.92 Å². The molecule has 1 heterocycles. The summed E-state index contributed by atoms with van der Waals surface area (Å²) in [7, 11) is 0. The van der Waals surface area contributed by atoms with Gasteiger partial charge in [-0.1, -0.05) is 6.07 Å². The van der Waals surface area contributed by atoms with E-state index in [1.807, 2.05) is 0 Å². The molecule has 0 spiro atoms. The zero-order chi connectivity index (χ0) is 13.1. The summed E-state index contributed by atoms with van der Waals surface area (Å²) < 4.78 is 0. The predicted molar refractivity (Wildman–Crippen MR) is 79.5 cm³/mol. The molecule has 1 fully saturated rings. The highest BCUT2D eigenvalue weighted by molar-refractivity contribution is 5.62. The number of anilines is 1. The average Bonchev–Trinajstić information content (AvgIpc) is 2.84. The Balaban J connectivity index is 1.99. The van der Waals surface area contributed by atoms with Crippen LogP contribution in [0.5, 0.6) is 0 Å². The maximum Gasteiger partial charge on any atom is 0.0404 e. The summed E-state index contributed by atoms with van der Waals surface area (Å²) in [5.41, 5.74) is 6.95. The van der Waals surface area contributed by atoms with Crippen molar-refractivity contribution >= 4 is 5.69 Å². The molecule has 18 heavy (non-hydrogen) atoms. The van der Waals surface area contributed by atoms with Gasteiger partial charge in [0.15, 0.2) is 0 Å². The van der Waals surface area contributed by atoms with Crippen molar-refractivity contribution in [3.05, 3.63) is 28.3 Å². The largest absolute Gasteiger partial charge is 0.385 e. The van der Waals surface area contributed by atoms with Crippen LogP contribution in [0.3, 0.4) is 0 Å². The van der Waals surface area contributed by atoms with E-state index in [0.29, 0.717) is 0 Å². The molecule has 2 rings (SSSR count). The highest BCUT2D eigenvalue weighted by atomic mass is 14.9. The molecule has 0 aliphatic carbocycles. The van der Waals surface area contributed by atoms with Gasteiger partial charge in [0, 0.05) is 12.2 Å². The fourth-order valence-electron chi connectivity index (χ4n) is 2.84. The smallest absolute Gasteiger partial charge is 0.0404 e. The Kier molecular flexibility index (Phi) is 4.28. The molecule has 1 saturated heterocycles. The molecule has 2 heteroatoms. The average molecular weight is 246 g/mol. The first-order valence-electron chi connectivity index (χ1n) is 7.11. The number of aryl methyl sites for hydroxylation is 2. The molecular formula is C16H26N2. The van der Waals surface area contributed by atoms with E-state index in [-0.39, 0.29) is 0 Å². The molecule has 1 atom stereocenters. The maximum absolute atomic E-state index is 3.66. The summed E-state index contributed by atoms with van der Waals surface area (Å²) in [6.07, 6.45) is 2.62. The summed E-state index contributed by atoms with van der Waals surface area (Å²) in [5.74, 6) is 0.865. The molecule has 1 aromatic rings. The Bertz CT molecular complexity index is 391. The first-order chi connectivity index (χ1) is 8.59. The van der Waals surface area contributed by atoms with Crippen LogP contribution in [0.2, 0.25) is 0 Å². The molecule has 0 aromatic heterocycles. The first-order valence-corrected chi connectivity index (χ1v) is 7.11. The normalized spacial score (nSPS) is 19.2. The Morgan fingerprint density at radius 1 is 1.17 bits per heavy atom. The minimum absolute atomic E-state index is 0.865. The quantitative estimate of drug-likeness (QED) is 0.851. The molecule has 100 valence electrons. The highest BCUT2D eigenvalue weighted by Crippen LogP contribution is 2.26. The lowest BCUT2D eigenvalue weighted by molar-refractivity contribution is 0.549. The Labute approximate surface area is 111 Å². The second kappa shape index (κ2) is 5.75. The number of benzene rings is 1. The van der Waals surface area contributed by atoms with Crippen LogP contribution in [0, 0.1) is 33.6 Å². The van der Waals surface area contributed by atoms with Crippen LogP contribution in [-0.2, 0) is 0 Å². The van der Waals surface area contributed by atoms with Gasteiger partial charge in [-0.15, -0.1) is 0 Å². The Morgan fingerprint density at radius 3 is 2.39 bits per heavy atom. The van der Waals surface area contributed by atoms with E-state index in [4.69, 9.17) is 0 Å². The summed E-state index contributed by atoms with van der Waals surface area (Å²) in [6.45, 7) is 12.3. The van der Waals surface area contributed by atoms with Crippen LogP contribution in [0.1, 0.15) is 35.1 Å². The molecule has 0 amide bonds. The SMILES string of the molecule is Cc1cc(C)c(C)c(NCCC2CCNC2)c1C. The van der Waals surface area contributed by atoms with Crippen molar-refractivity contribution in [1.29, 1.82) is 0 Å². The summed E-state index contributed by atoms with van der Waals surface area (Å²) in [4.78, 5) is 0. The Morgan fingerprint density at radius 2 is 1.83 bits per heavy atom. The van der Waals surface area contributed by atoms with Crippen molar-refractivity contribution in [3.8, 4) is 0 Å². The fraction of sp³-hybridized carbons (Fsp3) is 0.625. The van der Waals surface area contributed by atoms with Gasteiger partial charge in [-0.3, -0.25) is 0 Å². The zero-order valence-electron chi connectivity index (χ0n) is 12.2. The van der Waals surface area contributed by atoms with Gasteiger partial charge in [0.1, 0.15) is 0 Å². The summed E-state index contributed by atoms with van der Waals surface area (Å²) in [5, 5.41) is 7.10. The lowest BCUT2D eigenvalue weighted by Crippen LogP contribution is -2.14. The van der Waals surface area contributed by atoms with E-state index in [1.165, 1.54) is 53.9 Å². The number of rotatable bonds is 4. The zero-order valence-corrected chi connectivity index (χ0v) is 12.2. The van der Waals surface area contributed by atoms with Crippen LogP contribution >= 0.6 is 0 Å². The van der Waals surface area contributed by atoms with Crippen LogP contribution in [0.4, 0.5) is 5.69 Å². The number of nitrogens with one attached hydrogen (secondary N) is 2. The predicted octanol–water partition coefficient (Wildman–Crippen LogP) is 3.33. The van der Waals surface area contributed by atoms with Crippen LogP contribution < -0.4 is 10.6 Å². The van der Waals surface area contributed by atoms with Gasteiger partial charge in [0.05, 0.1) is 0 Å². The molecule has 1 aliphatic heterocycles. The van der Waals surface area contributed by atoms with Crippen LogP contribution in [-0.4, -0.2) is 19.6 Å². The lowest BCUT2D eigenvalue weighted by atomic mass is 9.98. The van der Waals surface area contributed by atoms with E-state index in [9.17, 15) is 0 Å². The third-order valence-corrected chi connectivity index (χ3v) is 4.38. The van der Waals surface area contributed by atoms with Gasteiger partial charge in [0.25, 0.3) is 0 Å². The second-order valence-corrected chi connectivity index (χ2v) is 5.71. The number of hydrogen-bond acceptors (Lipinski definition) is 2. The molecular weight excluding hydrogens is 220 g/mol. The van der Waals surface area contributed by atoms with Crippen molar-refractivity contribution in [2.45, 2.75) is 40.5 Å². The summed E-state index contributed by atoms with van der Waals surface area (Å²) in [6, 6.07) is 2.29. The van der Waals surface area contributed by atoms with Crippen LogP contribution in [0.25, 0.3) is 0 Å². The van der Waals surface area contributed by atoms with Crippen molar-refractivity contribution in [1.82, 2.24) is 5.32 Å². The van der Waals surface area contributed by atoms with Gasteiger partial charge < -0.3 is 10.6 Å².